The highest BCUT2D eigenvalue weighted by Crippen LogP contribution is 2.31. The van der Waals surface area contributed by atoms with Gasteiger partial charge in [0, 0.05) is 16.7 Å². The van der Waals surface area contributed by atoms with E-state index in [9.17, 15) is 9.59 Å². The summed E-state index contributed by atoms with van der Waals surface area (Å²) in [5.74, 6) is 0.278. The quantitative estimate of drug-likeness (QED) is 0.401. The zero-order chi connectivity index (χ0) is 17.8. The molecule has 0 fully saturated rings. The highest BCUT2D eigenvalue weighted by molar-refractivity contribution is 7.99. The van der Waals surface area contributed by atoms with Crippen molar-refractivity contribution >= 4 is 39.3 Å². The molecule has 7 heteroatoms. The molecule has 5 nitrogen and oxygen atoms in total. The third-order valence-corrected chi connectivity index (χ3v) is 5.38. The molecule has 3 aromatic rings. The summed E-state index contributed by atoms with van der Waals surface area (Å²) in [4.78, 5) is 31.9. The molecule has 0 bridgehead atoms. The van der Waals surface area contributed by atoms with E-state index in [1.54, 1.807) is 6.92 Å². The zero-order valence-electron chi connectivity index (χ0n) is 14.0. The maximum absolute atomic E-state index is 12.5. The van der Waals surface area contributed by atoms with Crippen molar-refractivity contribution in [3.63, 3.8) is 0 Å². The Labute approximate surface area is 153 Å². The van der Waals surface area contributed by atoms with E-state index in [1.807, 2.05) is 36.6 Å². The first-order valence-electron chi connectivity index (χ1n) is 7.95. The van der Waals surface area contributed by atoms with Gasteiger partial charge in [-0.25, -0.2) is 4.98 Å². The van der Waals surface area contributed by atoms with E-state index < -0.39 is 0 Å². The van der Waals surface area contributed by atoms with Gasteiger partial charge < -0.3 is 9.72 Å². The Morgan fingerprint density at radius 2 is 2.08 bits per heavy atom. The Bertz CT molecular complexity index is 945. The average Bonchev–Trinajstić information content (AvgIpc) is 3.00. The molecule has 0 aliphatic rings. The number of hydrogen-bond donors (Lipinski definition) is 1. The van der Waals surface area contributed by atoms with Crippen LogP contribution >= 0.6 is 23.1 Å². The number of thiophene rings is 1. The molecule has 3 rings (SSSR count). The van der Waals surface area contributed by atoms with Crippen molar-refractivity contribution in [1.82, 2.24) is 9.97 Å². The number of carbonyl (C=O) groups is 1. The molecule has 0 radical (unpaired) electrons. The number of nitrogens with zero attached hydrogens (tertiary/aromatic N) is 1. The van der Waals surface area contributed by atoms with Gasteiger partial charge in [-0.15, -0.1) is 11.3 Å². The fraction of sp³-hybridized carbons (Fsp3) is 0.278. The molecule has 0 unspecified atom stereocenters. The normalized spacial score (nSPS) is 11.0. The highest BCUT2D eigenvalue weighted by Gasteiger charge is 2.13. The van der Waals surface area contributed by atoms with Crippen LogP contribution in [0.25, 0.3) is 21.3 Å². The second-order valence-corrected chi connectivity index (χ2v) is 7.41. The minimum atomic E-state index is -0.240. The van der Waals surface area contributed by atoms with Crippen LogP contribution in [-0.4, -0.2) is 28.3 Å². The summed E-state index contributed by atoms with van der Waals surface area (Å²) >= 11 is 2.80. The molecule has 0 saturated heterocycles. The Morgan fingerprint density at radius 1 is 1.32 bits per heavy atom. The van der Waals surface area contributed by atoms with E-state index >= 15 is 0 Å². The third-order valence-electron chi connectivity index (χ3n) is 3.64. The maximum atomic E-state index is 12.5. The number of aromatic amines is 1. The van der Waals surface area contributed by atoms with Gasteiger partial charge in [-0.1, -0.05) is 41.6 Å². The van der Waals surface area contributed by atoms with Crippen molar-refractivity contribution in [2.75, 3.05) is 12.4 Å². The number of H-pyrrole nitrogens is 1. The van der Waals surface area contributed by atoms with Gasteiger partial charge in [0.25, 0.3) is 5.56 Å². The number of ether oxygens (including phenoxy) is 1. The lowest BCUT2D eigenvalue weighted by Gasteiger charge is -2.03. The zero-order valence-corrected chi connectivity index (χ0v) is 15.6. The minimum Gasteiger partial charge on any atom is -0.466 e. The van der Waals surface area contributed by atoms with Crippen LogP contribution < -0.4 is 5.56 Å². The van der Waals surface area contributed by atoms with Crippen molar-refractivity contribution in [3.05, 3.63) is 45.6 Å². The van der Waals surface area contributed by atoms with Gasteiger partial charge in [-0.2, -0.15) is 0 Å². The van der Waals surface area contributed by atoms with E-state index in [2.05, 4.69) is 9.97 Å². The lowest BCUT2D eigenvalue weighted by Crippen LogP contribution is -2.09. The largest absolute Gasteiger partial charge is 0.466 e. The Hall–Kier alpha value is -2.12. The summed E-state index contributed by atoms with van der Waals surface area (Å²) in [6, 6.07) is 8.08. The molecule has 1 aromatic carbocycles. The fourth-order valence-electron chi connectivity index (χ4n) is 2.41. The second-order valence-electron chi connectivity index (χ2n) is 5.47. The topological polar surface area (TPSA) is 72.0 Å². The van der Waals surface area contributed by atoms with Crippen molar-refractivity contribution < 1.29 is 9.53 Å². The first-order chi connectivity index (χ1) is 12.1. The number of carbonyl (C=O) groups excluding carboxylic acids is 1. The predicted molar refractivity (Wildman–Crippen MR) is 102 cm³/mol. The molecular weight excluding hydrogens is 356 g/mol. The average molecular weight is 374 g/mol. The van der Waals surface area contributed by atoms with E-state index in [1.165, 1.54) is 28.7 Å². The standard InChI is InChI=1S/C18H18N2O3S2/c1-3-23-14(21)8-9-24-18-19-16(22)15-13(10-25-17(15)20-18)12-6-4-11(2)5-7-12/h4-7,10H,3,8-9H2,1-2H3,(H,19,20,22). The van der Waals surface area contributed by atoms with E-state index in [0.717, 1.165) is 11.1 Å². The van der Waals surface area contributed by atoms with Gasteiger partial charge in [0.1, 0.15) is 4.83 Å². The number of benzene rings is 1. The van der Waals surface area contributed by atoms with Crippen LogP contribution in [0.15, 0.2) is 39.6 Å². The molecule has 0 aliphatic heterocycles. The Kier molecular flexibility index (Phi) is 5.55. The third kappa shape index (κ3) is 4.11. The fourth-order valence-corrected chi connectivity index (χ4v) is 4.20. The predicted octanol–water partition coefficient (Wildman–Crippen LogP) is 4.01. The highest BCUT2D eigenvalue weighted by atomic mass is 32.2. The maximum Gasteiger partial charge on any atom is 0.306 e. The van der Waals surface area contributed by atoms with Crippen molar-refractivity contribution in [2.45, 2.75) is 25.4 Å². The molecule has 0 spiro atoms. The van der Waals surface area contributed by atoms with Crippen LogP contribution in [0.3, 0.4) is 0 Å². The van der Waals surface area contributed by atoms with Gasteiger partial charge in [0.15, 0.2) is 5.16 Å². The summed E-state index contributed by atoms with van der Waals surface area (Å²) < 4.78 is 4.89. The summed E-state index contributed by atoms with van der Waals surface area (Å²) in [5.41, 5.74) is 2.93. The summed E-state index contributed by atoms with van der Waals surface area (Å²) in [6.45, 7) is 4.19. The first-order valence-corrected chi connectivity index (χ1v) is 9.82. The Morgan fingerprint density at radius 3 is 2.80 bits per heavy atom. The summed E-state index contributed by atoms with van der Waals surface area (Å²) in [5, 5.41) is 3.10. The van der Waals surface area contributed by atoms with Crippen molar-refractivity contribution in [2.24, 2.45) is 0 Å². The molecule has 0 saturated carbocycles. The molecular formula is C18H18N2O3S2. The smallest absolute Gasteiger partial charge is 0.306 e. The molecule has 0 amide bonds. The number of aryl methyl sites for hydroxylation is 1. The van der Waals surface area contributed by atoms with E-state index in [0.29, 0.717) is 34.2 Å². The van der Waals surface area contributed by atoms with Gasteiger partial charge in [0.05, 0.1) is 18.4 Å². The number of aromatic nitrogens is 2. The lowest BCUT2D eigenvalue weighted by atomic mass is 10.1. The van der Waals surface area contributed by atoms with Crippen LogP contribution in [-0.2, 0) is 9.53 Å². The first kappa shape index (κ1) is 17.7. The van der Waals surface area contributed by atoms with Crippen LogP contribution in [0.5, 0.6) is 0 Å². The van der Waals surface area contributed by atoms with Gasteiger partial charge in [-0.05, 0) is 19.4 Å². The molecule has 2 heterocycles. The van der Waals surface area contributed by atoms with Gasteiger partial charge in [0.2, 0.25) is 0 Å². The number of nitrogens with one attached hydrogen (secondary N) is 1. The number of fused-ring (bicyclic) bond motifs is 1. The molecule has 0 atom stereocenters. The monoisotopic (exact) mass is 374 g/mol. The number of thioether (sulfide) groups is 1. The summed E-state index contributed by atoms with van der Waals surface area (Å²) in [7, 11) is 0. The molecule has 130 valence electrons. The van der Waals surface area contributed by atoms with Crippen LogP contribution in [0, 0.1) is 6.92 Å². The molecule has 2 aromatic heterocycles. The van der Waals surface area contributed by atoms with Gasteiger partial charge in [-0.3, -0.25) is 9.59 Å². The number of esters is 1. The Balaban J connectivity index is 1.83. The van der Waals surface area contributed by atoms with Crippen molar-refractivity contribution in [3.8, 4) is 11.1 Å². The molecule has 25 heavy (non-hydrogen) atoms. The number of rotatable bonds is 6. The van der Waals surface area contributed by atoms with E-state index in [-0.39, 0.29) is 11.5 Å². The van der Waals surface area contributed by atoms with Crippen molar-refractivity contribution in [1.29, 1.82) is 0 Å². The summed E-state index contributed by atoms with van der Waals surface area (Å²) in [6.07, 6.45) is 0.291. The van der Waals surface area contributed by atoms with Gasteiger partial charge >= 0.3 is 5.97 Å². The minimum absolute atomic E-state index is 0.152. The molecule has 1 N–H and O–H groups in total. The molecule has 0 aliphatic carbocycles. The lowest BCUT2D eigenvalue weighted by molar-refractivity contribution is -0.142. The van der Waals surface area contributed by atoms with Crippen LogP contribution in [0.2, 0.25) is 0 Å². The van der Waals surface area contributed by atoms with E-state index in [4.69, 9.17) is 4.74 Å². The number of hydrogen-bond acceptors (Lipinski definition) is 6. The second kappa shape index (κ2) is 7.84. The van der Waals surface area contributed by atoms with Crippen LogP contribution in [0.1, 0.15) is 18.9 Å². The SMILES string of the molecule is CCOC(=O)CCSc1nc2scc(-c3ccc(C)cc3)c2c(=O)[nH]1. The van der Waals surface area contributed by atoms with Crippen LogP contribution in [0.4, 0.5) is 0 Å².